The van der Waals surface area contributed by atoms with Crippen LogP contribution in [0.2, 0.25) is 0 Å². The molecule has 0 unspecified atom stereocenters. The number of benzene rings is 1. The largest absolute Gasteiger partial charge is 0.369 e. The van der Waals surface area contributed by atoms with Gasteiger partial charge < -0.3 is 5.32 Å². The maximum absolute atomic E-state index is 13.5. The van der Waals surface area contributed by atoms with Gasteiger partial charge in [-0.3, -0.25) is 0 Å². The molecule has 0 saturated heterocycles. The molecule has 0 amide bonds. The summed E-state index contributed by atoms with van der Waals surface area (Å²) >= 11 is 3.62. The van der Waals surface area contributed by atoms with E-state index in [0.29, 0.717) is 16.5 Å². The van der Waals surface area contributed by atoms with Gasteiger partial charge in [0, 0.05) is 17.6 Å². The third kappa shape index (κ3) is 4.31. The second kappa shape index (κ2) is 7.78. The maximum Gasteiger partial charge on any atom is 0.143 e. The number of hydrogen-bond donors (Lipinski definition) is 1. The Bertz CT molecular complexity index is 580. The summed E-state index contributed by atoms with van der Waals surface area (Å²) < 4.78 is 14.5. The van der Waals surface area contributed by atoms with Crippen LogP contribution >= 0.6 is 34.4 Å². The molecule has 0 spiro atoms. The van der Waals surface area contributed by atoms with E-state index in [4.69, 9.17) is 0 Å². The van der Waals surface area contributed by atoms with Crippen LogP contribution in [0.15, 0.2) is 35.4 Å². The fourth-order valence-electron chi connectivity index (χ4n) is 1.54. The van der Waals surface area contributed by atoms with Crippen molar-refractivity contribution in [2.24, 2.45) is 0 Å². The van der Waals surface area contributed by atoms with Gasteiger partial charge in [-0.2, -0.15) is 0 Å². The minimum Gasteiger partial charge on any atom is -0.369 e. The molecule has 0 aliphatic carbocycles. The standard InChI is InChI=1S/C14H15FIN3S/c1-2-7-17-14-11(16)8-18-13(19-14)9-20-12-6-4-3-5-10(12)15/h3-6,8H,2,7,9H2,1H3,(H,17,18,19). The minimum atomic E-state index is -0.202. The number of hydrogen-bond acceptors (Lipinski definition) is 4. The first-order valence-electron chi connectivity index (χ1n) is 6.33. The average Bonchev–Trinajstić information content (AvgIpc) is 2.46. The first-order valence-corrected chi connectivity index (χ1v) is 8.39. The van der Waals surface area contributed by atoms with Crippen molar-refractivity contribution in [3.8, 4) is 0 Å². The number of anilines is 1. The van der Waals surface area contributed by atoms with Gasteiger partial charge in [0.1, 0.15) is 17.5 Å². The van der Waals surface area contributed by atoms with E-state index in [1.165, 1.54) is 17.8 Å². The number of nitrogens with zero attached hydrogens (tertiary/aromatic N) is 2. The lowest BCUT2D eigenvalue weighted by atomic mass is 10.3. The summed E-state index contributed by atoms with van der Waals surface area (Å²) in [5.74, 6) is 1.91. The quantitative estimate of drug-likeness (QED) is 0.576. The van der Waals surface area contributed by atoms with Crippen LogP contribution < -0.4 is 5.32 Å². The fraction of sp³-hybridized carbons (Fsp3) is 0.286. The SMILES string of the molecule is CCCNc1nc(CSc2ccccc2F)ncc1I. The highest BCUT2D eigenvalue weighted by atomic mass is 127. The van der Waals surface area contributed by atoms with Crippen LogP contribution in [0.4, 0.5) is 10.2 Å². The summed E-state index contributed by atoms with van der Waals surface area (Å²) in [6.07, 6.45) is 2.84. The topological polar surface area (TPSA) is 37.8 Å². The number of nitrogens with one attached hydrogen (secondary N) is 1. The fourth-order valence-corrected chi connectivity index (χ4v) is 2.80. The predicted octanol–water partition coefficient (Wildman–Crippen LogP) is 4.33. The van der Waals surface area contributed by atoms with Crippen LogP contribution in [0.3, 0.4) is 0 Å². The summed E-state index contributed by atoms with van der Waals surface area (Å²) in [6.45, 7) is 2.99. The van der Waals surface area contributed by atoms with Crippen molar-refractivity contribution in [1.82, 2.24) is 9.97 Å². The Morgan fingerprint density at radius 3 is 2.90 bits per heavy atom. The van der Waals surface area contributed by atoms with Gasteiger partial charge in [0.05, 0.1) is 9.32 Å². The van der Waals surface area contributed by atoms with E-state index >= 15 is 0 Å². The lowest BCUT2D eigenvalue weighted by molar-refractivity contribution is 0.602. The lowest BCUT2D eigenvalue weighted by Crippen LogP contribution is -2.06. The Morgan fingerprint density at radius 1 is 1.35 bits per heavy atom. The van der Waals surface area contributed by atoms with Gasteiger partial charge in [-0.15, -0.1) is 11.8 Å². The molecule has 0 aliphatic rings. The summed E-state index contributed by atoms with van der Waals surface area (Å²) in [4.78, 5) is 9.39. The minimum absolute atomic E-state index is 0.202. The first kappa shape index (κ1) is 15.5. The Balaban J connectivity index is 2.04. The molecule has 2 aromatic rings. The molecule has 1 N–H and O–H groups in total. The van der Waals surface area contributed by atoms with Gasteiger partial charge in [0.25, 0.3) is 0 Å². The maximum atomic E-state index is 13.5. The van der Waals surface area contributed by atoms with Gasteiger partial charge >= 0.3 is 0 Å². The normalized spacial score (nSPS) is 10.6. The van der Waals surface area contributed by atoms with Crippen molar-refractivity contribution in [3.63, 3.8) is 0 Å². The molecule has 0 radical (unpaired) electrons. The van der Waals surface area contributed by atoms with Crippen LogP contribution in [0.25, 0.3) is 0 Å². The molecule has 2 rings (SSSR count). The van der Waals surface area contributed by atoms with Crippen molar-refractivity contribution in [2.45, 2.75) is 24.0 Å². The number of aromatic nitrogens is 2. The zero-order valence-electron chi connectivity index (χ0n) is 11.1. The number of thioether (sulfide) groups is 1. The van der Waals surface area contributed by atoms with Crippen LogP contribution in [0.5, 0.6) is 0 Å². The summed E-state index contributed by atoms with van der Waals surface area (Å²) in [5, 5.41) is 3.27. The van der Waals surface area contributed by atoms with Gasteiger partial charge in [-0.1, -0.05) is 19.1 Å². The lowest BCUT2D eigenvalue weighted by Gasteiger charge is -2.08. The zero-order chi connectivity index (χ0) is 14.4. The Hall–Kier alpha value is -0.890. The van der Waals surface area contributed by atoms with E-state index in [9.17, 15) is 4.39 Å². The number of rotatable bonds is 6. The molecule has 3 nitrogen and oxygen atoms in total. The molecule has 1 aromatic heterocycles. The van der Waals surface area contributed by atoms with Gasteiger partial charge in [-0.05, 0) is 41.1 Å². The molecule has 0 fully saturated rings. The Labute approximate surface area is 135 Å². The van der Waals surface area contributed by atoms with E-state index in [2.05, 4.69) is 44.8 Å². The molecule has 0 saturated carbocycles. The summed E-state index contributed by atoms with van der Waals surface area (Å²) in [7, 11) is 0. The highest BCUT2D eigenvalue weighted by Crippen LogP contribution is 2.25. The van der Waals surface area contributed by atoms with E-state index in [-0.39, 0.29) is 5.82 Å². The van der Waals surface area contributed by atoms with Crippen LogP contribution in [0, 0.1) is 9.39 Å². The molecular formula is C14H15FIN3S. The molecule has 0 aliphatic heterocycles. The van der Waals surface area contributed by atoms with Gasteiger partial charge in [0.2, 0.25) is 0 Å². The summed E-state index contributed by atoms with van der Waals surface area (Å²) in [5.41, 5.74) is 0. The highest BCUT2D eigenvalue weighted by molar-refractivity contribution is 14.1. The molecule has 1 aromatic carbocycles. The Morgan fingerprint density at radius 2 is 2.15 bits per heavy atom. The van der Waals surface area contributed by atoms with Crippen LogP contribution in [-0.2, 0) is 5.75 Å². The smallest absolute Gasteiger partial charge is 0.143 e. The van der Waals surface area contributed by atoms with Crippen molar-refractivity contribution in [2.75, 3.05) is 11.9 Å². The average molecular weight is 403 g/mol. The van der Waals surface area contributed by atoms with Crippen molar-refractivity contribution >= 4 is 40.2 Å². The first-order chi connectivity index (χ1) is 9.70. The van der Waals surface area contributed by atoms with E-state index in [1.807, 2.05) is 6.07 Å². The monoisotopic (exact) mass is 403 g/mol. The van der Waals surface area contributed by atoms with Crippen LogP contribution in [-0.4, -0.2) is 16.5 Å². The third-order valence-electron chi connectivity index (χ3n) is 2.53. The zero-order valence-corrected chi connectivity index (χ0v) is 14.0. The van der Waals surface area contributed by atoms with E-state index < -0.39 is 0 Å². The molecule has 1 heterocycles. The molecule has 20 heavy (non-hydrogen) atoms. The van der Waals surface area contributed by atoms with Crippen molar-refractivity contribution in [3.05, 3.63) is 45.7 Å². The van der Waals surface area contributed by atoms with Crippen molar-refractivity contribution < 1.29 is 4.39 Å². The summed E-state index contributed by atoms with van der Waals surface area (Å²) in [6, 6.07) is 6.75. The highest BCUT2D eigenvalue weighted by Gasteiger charge is 2.07. The predicted molar refractivity (Wildman–Crippen MR) is 89.5 cm³/mol. The molecule has 6 heteroatoms. The van der Waals surface area contributed by atoms with E-state index in [1.54, 1.807) is 18.3 Å². The molecule has 0 bridgehead atoms. The molecule has 0 atom stereocenters. The third-order valence-corrected chi connectivity index (χ3v) is 4.36. The van der Waals surface area contributed by atoms with Crippen LogP contribution in [0.1, 0.15) is 19.2 Å². The van der Waals surface area contributed by atoms with E-state index in [0.717, 1.165) is 22.4 Å². The molecule has 106 valence electrons. The second-order valence-electron chi connectivity index (χ2n) is 4.13. The van der Waals surface area contributed by atoms with Gasteiger partial charge in [-0.25, -0.2) is 14.4 Å². The second-order valence-corrected chi connectivity index (χ2v) is 6.31. The van der Waals surface area contributed by atoms with Crippen molar-refractivity contribution in [1.29, 1.82) is 0 Å². The number of halogens is 2. The Kier molecular flexibility index (Phi) is 6.03. The molecular weight excluding hydrogens is 388 g/mol. The van der Waals surface area contributed by atoms with Gasteiger partial charge in [0.15, 0.2) is 0 Å².